The lowest BCUT2D eigenvalue weighted by Crippen LogP contribution is -2.13. The van der Waals surface area contributed by atoms with E-state index in [1.165, 1.54) is 6.07 Å². The van der Waals surface area contributed by atoms with Crippen LogP contribution in [0.15, 0.2) is 30.6 Å². The highest BCUT2D eigenvalue weighted by Crippen LogP contribution is 2.26. The van der Waals surface area contributed by atoms with Crippen LogP contribution < -0.4 is 5.73 Å². The summed E-state index contributed by atoms with van der Waals surface area (Å²) >= 11 is 0. The van der Waals surface area contributed by atoms with E-state index >= 15 is 0 Å². The van der Waals surface area contributed by atoms with Crippen molar-refractivity contribution in [2.75, 3.05) is 0 Å². The van der Waals surface area contributed by atoms with Gasteiger partial charge in [-0.1, -0.05) is 19.9 Å². The summed E-state index contributed by atoms with van der Waals surface area (Å²) in [6.45, 7) is 5.90. The van der Waals surface area contributed by atoms with Gasteiger partial charge < -0.3 is 10.3 Å². The van der Waals surface area contributed by atoms with E-state index in [2.05, 4.69) is 18.8 Å². The molecule has 0 spiro atoms. The van der Waals surface area contributed by atoms with Gasteiger partial charge >= 0.3 is 0 Å². The SMILES string of the molecule is CC(C)c1nccn1-c1cccc(F)c1C(C)N. The summed E-state index contributed by atoms with van der Waals surface area (Å²) < 4.78 is 15.8. The van der Waals surface area contributed by atoms with Gasteiger partial charge in [0.1, 0.15) is 11.6 Å². The fourth-order valence-electron chi connectivity index (χ4n) is 2.13. The first kappa shape index (κ1) is 12.8. The Morgan fingerprint density at radius 2 is 2.00 bits per heavy atom. The summed E-state index contributed by atoms with van der Waals surface area (Å²) in [5, 5.41) is 0. The second kappa shape index (κ2) is 4.90. The number of halogens is 1. The monoisotopic (exact) mass is 247 g/mol. The summed E-state index contributed by atoms with van der Waals surface area (Å²) in [4.78, 5) is 4.32. The van der Waals surface area contributed by atoms with E-state index in [0.717, 1.165) is 11.5 Å². The third-order valence-electron chi connectivity index (χ3n) is 2.93. The van der Waals surface area contributed by atoms with Crippen LogP contribution in [-0.4, -0.2) is 9.55 Å². The largest absolute Gasteiger partial charge is 0.324 e. The average Bonchev–Trinajstić information content (AvgIpc) is 2.76. The standard InChI is InChI=1S/C14H18FN3/c1-9(2)14-17-7-8-18(14)12-6-4-5-11(15)13(12)10(3)16/h4-10H,16H2,1-3H3. The molecule has 0 radical (unpaired) electrons. The molecule has 1 aromatic heterocycles. The summed E-state index contributed by atoms with van der Waals surface area (Å²) in [6, 6.07) is 4.65. The van der Waals surface area contributed by atoms with Crippen LogP contribution in [0.1, 0.15) is 44.1 Å². The quantitative estimate of drug-likeness (QED) is 0.905. The minimum absolute atomic E-state index is 0.268. The van der Waals surface area contributed by atoms with Gasteiger partial charge in [-0.25, -0.2) is 9.37 Å². The molecule has 2 N–H and O–H groups in total. The molecule has 2 aromatic rings. The van der Waals surface area contributed by atoms with Gasteiger partial charge in [-0.15, -0.1) is 0 Å². The molecule has 0 aliphatic carbocycles. The van der Waals surface area contributed by atoms with Crippen molar-refractivity contribution in [3.05, 3.63) is 47.8 Å². The molecule has 1 atom stereocenters. The van der Waals surface area contributed by atoms with Gasteiger partial charge in [-0.05, 0) is 19.1 Å². The fraction of sp³-hybridized carbons (Fsp3) is 0.357. The molecule has 0 bridgehead atoms. The maximum Gasteiger partial charge on any atom is 0.130 e. The summed E-state index contributed by atoms with van der Waals surface area (Å²) in [7, 11) is 0. The zero-order chi connectivity index (χ0) is 13.3. The van der Waals surface area contributed by atoms with E-state index in [4.69, 9.17) is 5.73 Å². The molecule has 0 amide bonds. The summed E-state index contributed by atoms with van der Waals surface area (Å²) in [6.07, 6.45) is 3.57. The Hall–Kier alpha value is -1.68. The molecule has 0 aliphatic heterocycles. The molecular formula is C14H18FN3. The molecule has 0 saturated heterocycles. The van der Waals surface area contributed by atoms with Crippen molar-refractivity contribution in [2.24, 2.45) is 5.73 Å². The molecule has 0 saturated carbocycles. The topological polar surface area (TPSA) is 43.8 Å². The third kappa shape index (κ3) is 2.16. The Labute approximate surface area is 106 Å². The minimum atomic E-state index is -0.358. The van der Waals surface area contributed by atoms with Crippen LogP contribution in [0.2, 0.25) is 0 Å². The van der Waals surface area contributed by atoms with E-state index in [9.17, 15) is 4.39 Å². The number of hydrogen-bond donors (Lipinski definition) is 1. The van der Waals surface area contributed by atoms with Gasteiger partial charge in [0, 0.05) is 29.9 Å². The molecule has 0 aliphatic rings. The average molecular weight is 247 g/mol. The number of aromatic nitrogens is 2. The molecule has 4 heteroatoms. The highest BCUT2D eigenvalue weighted by molar-refractivity contribution is 5.44. The summed E-state index contributed by atoms with van der Waals surface area (Å²) in [5.74, 6) is 0.901. The Morgan fingerprint density at radius 1 is 1.28 bits per heavy atom. The second-order valence-corrected chi connectivity index (χ2v) is 4.77. The zero-order valence-electron chi connectivity index (χ0n) is 10.9. The van der Waals surface area contributed by atoms with Gasteiger partial charge in [0.25, 0.3) is 0 Å². The lowest BCUT2D eigenvalue weighted by molar-refractivity contribution is 0.589. The first-order valence-corrected chi connectivity index (χ1v) is 6.10. The van der Waals surface area contributed by atoms with Gasteiger partial charge in [-0.3, -0.25) is 0 Å². The molecule has 3 nitrogen and oxygen atoms in total. The molecule has 18 heavy (non-hydrogen) atoms. The Balaban J connectivity index is 2.64. The third-order valence-corrected chi connectivity index (χ3v) is 2.93. The minimum Gasteiger partial charge on any atom is -0.324 e. The molecule has 1 heterocycles. The van der Waals surface area contributed by atoms with Gasteiger partial charge in [0.05, 0.1) is 5.69 Å². The Kier molecular flexibility index (Phi) is 3.48. The first-order chi connectivity index (χ1) is 8.52. The Morgan fingerprint density at radius 3 is 2.61 bits per heavy atom. The van der Waals surface area contributed by atoms with Crippen LogP contribution in [0.25, 0.3) is 5.69 Å². The maximum absolute atomic E-state index is 13.9. The number of hydrogen-bond acceptors (Lipinski definition) is 2. The molecule has 0 fully saturated rings. The van der Waals surface area contributed by atoms with Crippen molar-refractivity contribution in [3.8, 4) is 5.69 Å². The number of imidazole rings is 1. The fourth-order valence-corrected chi connectivity index (χ4v) is 2.13. The van der Waals surface area contributed by atoms with Crippen molar-refractivity contribution in [3.63, 3.8) is 0 Å². The van der Waals surface area contributed by atoms with Crippen LogP contribution in [-0.2, 0) is 0 Å². The summed E-state index contributed by atoms with van der Waals surface area (Å²) in [5.41, 5.74) is 7.17. The van der Waals surface area contributed by atoms with Crippen molar-refractivity contribution in [1.29, 1.82) is 0 Å². The smallest absolute Gasteiger partial charge is 0.130 e. The first-order valence-electron chi connectivity index (χ1n) is 6.10. The highest BCUT2D eigenvalue weighted by Gasteiger charge is 2.16. The van der Waals surface area contributed by atoms with E-state index in [1.807, 2.05) is 16.8 Å². The van der Waals surface area contributed by atoms with E-state index in [-0.39, 0.29) is 17.8 Å². The second-order valence-electron chi connectivity index (χ2n) is 4.77. The maximum atomic E-state index is 13.9. The van der Waals surface area contributed by atoms with Gasteiger partial charge in [0.15, 0.2) is 0 Å². The zero-order valence-corrected chi connectivity index (χ0v) is 10.9. The van der Waals surface area contributed by atoms with Gasteiger partial charge in [0.2, 0.25) is 0 Å². The van der Waals surface area contributed by atoms with E-state index in [0.29, 0.717) is 5.56 Å². The predicted molar refractivity (Wildman–Crippen MR) is 70.2 cm³/mol. The number of benzene rings is 1. The van der Waals surface area contributed by atoms with Gasteiger partial charge in [-0.2, -0.15) is 0 Å². The number of rotatable bonds is 3. The molecular weight excluding hydrogens is 229 g/mol. The lowest BCUT2D eigenvalue weighted by Gasteiger charge is -2.17. The normalized spacial score (nSPS) is 13.0. The van der Waals surface area contributed by atoms with Crippen molar-refractivity contribution >= 4 is 0 Å². The Bertz CT molecular complexity index is 544. The van der Waals surface area contributed by atoms with E-state index in [1.54, 1.807) is 19.2 Å². The lowest BCUT2D eigenvalue weighted by atomic mass is 10.1. The molecule has 1 unspecified atom stereocenters. The van der Waals surface area contributed by atoms with Crippen LogP contribution in [0.4, 0.5) is 4.39 Å². The van der Waals surface area contributed by atoms with Crippen LogP contribution in [0.3, 0.4) is 0 Å². The predicted octanol–water partition coefficient (Wildman–Crippen LogP) is 3.15. The van der Waals surface area contributed by atoms with Crippen molar-refractivity contribution < 1.29 is 4.39 Å². The van der Waals surface area contributed by atoms with Crippen LogP contribution in [0, 0.1) is 5.82 Å². The van der Waals surface area contributed by atoms with Crippen LogP contribution >= 0.6 is 0 Å². The number of nitrogens with two attached hydrogens (primary N) is 1. The van der Waals surface area contributed by atoms with E-state index < -0.39 is 0 Å². The highest BCUT2D eigenvalue weighted by atomic mass is 19.1. The van der Waals surface area contributed by atoms with Crippen molar-refractivity contribution in [1.82, 2.24) is 9.55 Å². The molecule has 1 aromatic carbocycles. The molecule has 96 valence electrons. The number of nitrogens with zero attached hydrogens (tertiary/aromatic N) is 2. The van der Waals surface area contributed by atoms with Crippen molar-refractivity contribution in [2.45, 2.75) is 32.7 Å². The van der Waals surface area contributed by atoms with Crippen LogP contribution in [0.5, 0.6) is 0 Å². The molecule has 2 rings (SSSR count).